The lowest BCUT2D eigenvalue weighted by Gasteiger charge is -2.33. The SMILES string of the molecule is Cc1cc(S(=O)(=O)NC2(C)CCCCC2)sc1CO. The Morgan fingerprint density at radius 1 is 1.37 bits per heavy atom. The molecule has 0 aromatic carbocycles. The Morgan fingerprint density at radius 3 is 2.53 bits per heavy atom. The van der Waals surface area contributed by atoms with Crippen LogP contribution in [-0.4, -0.2) is 19.1 Å². The van der Waals surface area contributed by atoms with Crippen molar-refractivity contribution in [2.75, 3.05) is 0 Å². The Kier molecular flexibility index (Phi) is 4.35. The van der Waals surface area contributed by atoms with E-state index in [2.05, 4.69) is 4.72 Å². The van der Waals surface area contributed by atoms with E-state index in [0.29, 0.717) is 9.09 Å². The molecule has 2 rings (SSSR count). The van der Waals surface area contributed by atoms with Gasteiger partial charge in [0.05, 0.1) is 6.61 Å². The lowest BCUT2D eigenvalue weighted by molar-refractivity contribution is 0.285. The van der Waals surface area contributed by atoms with Gasteiger partial charge in [0, 0.05) is 10.4 Å². The lowest BCUT2D eigenvalue weighted by Crippen LogP contribution is -2.46. The van der Waals surface area contributed by atoms with Gasteiger partial charge in [0.25, 0.3) is 10.0 Å². The summed E-state index contributed by atoms with van der Waals surface area (Å²) >= 11 is 1.15. The second-order valence-electron chi connectivity index (χ2n) is 5.56. The van der Waals surface area contributed by atoms with Gasteiger partial charge in [-0.2, -0.15) is 0 Å². The van der Waals surface area contributed by atoms with Crippen molar-refractivity contribution in [3.63, 3.8) is 0 Å². The Morgan fingerprint density at radius 2 is 2.00 bits per heavy atom. The third-order valence-corrected chi connectivity index (χ3v) is 7.08. The van der Waals surface area contributed by atoms with Crippen LogP contribution in [0.2, 0.25) is 0 Å². The molecule has 19 heavy (non-hydrogen) atoms. The summed E-state index contributed by atoms with van der Waals surface area (Å²) in [5, 5.41) is 9.16. The first-order chi connectivity index (χ1) is 8.86. The molecule has 4 nitrogen and oxygen atoms in total. The number of rotatable bonds is 4. The summed E-state index contributed by atoms with van der Waals surface area (Å²) < 4.78 is 28.0. The minimum atomic E-state index is -3.47. The van der Waals surface area contributed by atoms with E-state index >= 15 is 0 Å². The number of aliphatic hydroxyl groups excluding tert-OH is 1. The average molecular weight is 303 g/mol. The molecule has 2 N–H and O–H groups in total. The van der Waals surface area contributed by atoms with Crippen molar-refractivity contribution >= 4 is 21.4 Å². The molecule has 1 aliphatic rings. The second kappa shape index (κ2) is 5.52. The molecule has 0 aliphatic heterocycles. The quantitative estimate of drug-likeness (QED) is 0.898. The maximum absolute atomic E-state index is 12.4. The number of thiophene rings is 1. The highest BCUT2D eigenvalue weighted by molar-refractivity contribution is 7.91. The van der Waals surface area contributed by atoms with E-state index in [0.717, 1.165) is 42.6 Å². The van der Waals surface area contributed by atoms with Gasteiger partial charge >= 0.3 is 0 Å². The van der Waals surface area contributed by atoms with Crippen molar-refractivity contribution in [1.82, 2.24) is 4.72 Å². The molecule has 1 aromatic rings. The first kappa shape index (κ1) is 15.0. The molecule has 1 fully saturated rings. The minimum Gasteiger partial charge on any atom is -0.391 e. The van der Waals surface area contributed by atoms with Crippen LogP contribution in [0.15, 0.2) is 10.3 Å². The number of aryl methyl sites for hydroxylation is 1. The van der Waals surface area contributed by atoms with Crippen LogP contribution in [0.1, 0.15) is 49.5 Å². The smallest absolute Gasteiger partial charge is 0.250 e. The number of hydrogen-bond acceptors (Lipinski definition) is 4. The maximum atomic E-state index is 12.4. The monoisotopic (exact) mass is 303 g/mol. The van der Waals surface area contributed by atoms with E-state index in [1.165, 1.54) is 6.42 Å². The normalized spacial score (nSPS) is 19.5. The fourth-order valence-corrected chi connectivity index (χ4v) is 5.50. The van der Waals surface area contributed by atoms with E-state index < -0.39 is 10.0 Å². The molecule has 1 heterocycles. The van der Waals surface area contributed by atoms with Crippen molar-refractivity contribution in [2.45, 2.75) is 62.3 Å². The van der Waals surface area contributed by atoms with Gasteiger partial charge in [-0.15, -0.1) is 11.3 Å². The zero-order valence-electron chi connectivity index (χ0n) is 11.4. The van der Waals surface area contributed by atoms with E-state index in [1.54, 1.807) is 6.07 Å². The summed E-state index contributed by atoms with van der Waals surface area (Å²) in [6, 6.07) is 1.64. The van der Waals surface area contributed by atoms with Crippen molar-refractivity contribution < 1.29 is 13.5 Å². The van der Waals surface area contributed by atoms with Crippen molar-refractivity contribution in [3.05, 3.63) is 16.5 Å². The average Bonchev–Trinajstić information content (AvgIpc) is 2.71. The van der Waals surface area contributed by atoms with Crippen LogP contribution in [0.25, 0.3) is 0 Å². The van der Waals surface area contributed by atoms with Gasteiger partial charge in [-0.3, -0.25) is 0 Å². The number of nitrogens with one attached hydrogen (secondary N) is 1. The molecule has 108 valence electrons. The first-order valence-corrected chi connectivity index (χ1v) is 8.90. The Balaban J connectivity index is 2.21. The van der Waals surface area contributed by atoms with Crippen LogP contribution in [0.5, 0.6) is 0 Å². The van der Waals surface area contributed by atoms with E-state index in [4.69, 9.17) is 5.11 Å². The van der Waals surface area contributed by atoms with Gasteiger partial charge in [-0.25, -0.2) is 13.1 Å². The molecule has 0 radical (unpaired) electrons. The Bertz CT molecular complexity index is 542. The number of aliphatic hydroxyl groups is 1. The standard InChI is InChI=1S/C13H21NO3S2/c1-10-8-12(18-11(10)9-15)19(16,17)14-13(2)6-4-3-5-7-13/h8,14-15H,3-7,9H2,1-2H3. The summed E-state index contributed by atoms with van der Waals surface area (Å²) in [7, 11) is -3.47. The Hall–Kier alpha value is -0.430. The first-order valence-electron chi connectivity index (χ1n) is 6.60. The summed E-state index contributed by atoms with van der Waals surface area (Å²) in [4.78, 5) is 0.717. The van der Waals surface area contributed by atoms with Gasteiger partial charge in [0.2, 0.25) is 0 Å². The molecule has 0 saturated heterocycles. The van der Waals surface area contributed by atoms with Crippen LogP contribution < -0.4 is 4.72 Å². The molecule has 1 aliphatic carbocycles. The highest BCUT2D eigenvalue weighted by atomic mass is 32.2. The van der Waals surface area contributed by atoms with Crippen LogP contribution in [-0.2, 0) is 16.6 Å². The van der Waals surface area contributed by atoms with Gasteiger partial charge in [-0.05, 0) is 38.3 Å². The van der Waals surface area contributed by atoms with Crippen molar-refractivity contribution in [3.8, 4) is 0 Å². The zero-order chi connectivity index (χ0) is 14.1. The van der Waals surface area contributed by atoms with E-state index in [1.807, 2.05) is 13.8 Å². The fourth-order valence-electron chi connectivity index (χ4n) is 2.59. The molecule has 6 heteroatoms. The summed E-state index contributed by atoms with van der Waals surface area (Å²) in [6.45, 7) is 3.70. The zero-order valence-corrected chi connectivity index (χ0v) is 13.0. The molecule has 0 spiro atoms. The number of hydrogen-bond donors (Lipinski definition) is 2. The van der Waals surface area contributed by atoms with Gasteiger partial charge in [0.15, 0.2) is 0 Å². The van der Waals surface area contributed by atoms with Crippen molar-refractivity contribution in [1.29, 1.82) is 0 Å². The number of sulfonamides is 1. The summed E-state index contributed by atoms with van der Waals surface area (Å²) in [6.07, 6.45) is 5.12. The lowest BCUT2D eigenvalue weighted by atomic mass is 9.84. The third kappa shape index (κ3) is 3.37. The topological polar surface area (TPSA) is 66.4 Å². The molecule has 1 aromatic heterocycles. The maximum Gasteiger partial charge on any atom is 0.250 e. The highest BCUT2D eigenvalue weighted by Crippen LogP contribution is 2.31. The summed E-state index contributed by atoms with van der Waals surface area (Å²) in [5.41, 5.74) is 0.510. The van der Waals surface area contributed by atoms with Crippen LogP contribution >= 0.6 is 11.3 Å². The third-order valence-electron chi connectivity index (χ3n) is 3.74. The van der Waals surface area contributed by atoms with Gasteiger partial charge in [-0.1, -0.05) is 19.3 Å². The van der Waals surface area contributed by atoms with Crippen molar-refractivity contribution in [2.24, 2.45) is 0 Å². The fraction of sp³-hybridized carbons (Fsp3) is 0.692. The Labute approximate surface area is 118 Å². The second-order valence-corrected chi connectivity index (χ2v) is 8.60. The minimum absolute atomic E-state index is 0.108. The molecule has 0 atom stereocenters. The molecular formula is C13H21NO3S2. The van der Waals surface area contributed by atoms with Gasteiger partial charge in [0.1, 0.15) is 4.21 Å². The van der Waals surface area contributed by atoms with Crippen LogP contribution in [0.4, 0.5) is 0 Å². The predicted octanol–water partition coefficient (Wildman–Crippen LogP) is 2.55. The highest BCUT2D eigenvalue weighted by Gasteiger charge is 2.32. The molecule has 1 saturated carbocycles. The molecular weight excluding hydrogens is 282 g/mol. The largest absolute Gasteiger partial charge is 0.391 e. The van der Waals surface area contributed by atoms with Crippen LogP contribution in [0, 0.1) is 6.92 Å². The predicted molar refractivity (Wildman–Crippen MR) is 76.8 cm³/mol. The molecule has 0 amide bonds. The summed E-state index contributed by atoms with van der Waals surface area (Å²) in [5.74, 6) is 0. The van der Waals surface area contributed by atoms with E-state index in [9.17, 15) is 8.42 Å². The molecule has 0 unspecified atom stereocenters. The van der Waals surface area contributed by atoms with Crippen LogP contribution in [0.3, 0.4) is 0 Å². The molecule has 0 bridgehead atoms. The van der Waals surface area contributed by atoms with E-state index in [-0.39, 0.29) is 12.1 Å². The van der Waals surface area contributed by atoms with Gasteiger partial charge < -0.3 is 5.11 Å².